The first-order valence-corrected chi connectivity index (χ1v) is 6.96. The number of hydrogen-bond acceptors (Lipinski definition) is 4. The topological polar surface area (TPSA) is 38.2 Å². The van der Waals surface area contributed by atoms with Crippen LogP contribution in [0.15, 0.2) is 6.07 Å². The average Bonchev–Trinajstić information content (AvgIpc) is 3.21. The lowest BCUT2D eigenvalue weighted by Gasteiger charge is -2.23. The molecule has 1 aromatic rings. The van der Waals surface area contributed by atoms with Gasteiger partial charge in [-0.15, -0.1) is 0 Å². The Labute approximate surface area is 112 Å². The van der Waals surface area contributed by atoms with Gasteiger partial charge < -0.3 is 9.64 Å². The Balaban J connectivity index is 1.83. The van der Waals surface area contributed by atoms with Gasteiger partial charge in [-0.3, -0.25) is 0 Å². The van der Waals surface area contributed by atoms with Gasteiger partial charge in [0, 0.05) is 31.7 Å². The summed E-state index contributed by atoms with van der Waals surface area (Å²) in [4.78, 5) is 11.3. The summed E-state index contributed by atoms with van der Waals surface area (Å²) >= 11 is 6.12. The van der Waals surface area contributed by atoms with E-state index in [1.165, 1.54) is 25.7 Å². The van der Waals surface area contributed by atoms with Gasteiger partial charge >= 0.3 is 0 Å². The van der Waals surface area contributed by atoms with Crippen molar-refractivity contribution in [3.05, 3.63) is 17.0 Å². The fourth-order valence-electron chi connectivity index (χ4n) is 2.15. The molecule has 0 aliphatic heterocycles. The van der Waals surface area contributed by atoms with E-state index in [1.807, 2.05) is 6.07 Å². The Bertz CT molecular complexity index is 432. The van der Waals surface area contributed by atoms with Crippen LogP contribution >= 0.6 is 11.6 Å². The van der Waals surface area contributed by atoms with Crippen LogP contribution in [0.4, 0.5) is 5.82 Å². The number of anilines is 1. The molecule has 5 heteroatoms. The van der Waals surface area contributed by atoms with Crippen molar-refractivity contribution < 1.29 is 4.74 Å². The van der Waals surface area contributed by atoms with Gasteiger partial charge in [0.25, 0.3) is 0 Å². The van der Waals surface area contributed by atoms with E-state index in [0.29, 0.717) is 17.1 Å². The van der Waals surface area contributed by atoms with E-state index in [0.717, 1.165) is 24.8 Å². The average molecular weight is 268 g/mol. The van der Waals surface area contributed by atoms with E-state index < -0.39 is 0 Å². The standard InChI is InChI=1S/C13H18ClN3O/c1-18-7-6-17(10-4-5-10)12-8-11(14)15-13(16-12)9-2-3-9/h8-10H,2-7H2,1H3. The molecule has 1 heterocycles. The molecule has 0 unspecified atom stereocenters. The van der Waals surface area contributed by atoms with E-state index in [-0.39, 0.29) is 0 Å². The van der Waals surface area contributed by atoms with Crippen LogP contribution in [-0.2, 0) is 4.74 Å². The Morgan fingerprint density at radius 3 is 2.72 bits per heavy atom. The number of halogens is 1. The summed E-state index contributed by atoms with van der Waals surface area (Å²) in [6.45, 7) is 1.59. The van der Waals surface area contributed by atoms with Crippen molar-refractivity contribution in [2.45, 2.75) is 37.6 Å². The third kappa shape index (κ3) is 2.75. The molecule has 3 rings (SSSR count). The highest BCUT2D eigenvalue weighted by Gasteiger charge is 2.32. The van der Waals surface area contributed by atoms with Gasteiger partial charge in [0.1, 0.15) is 16.8 Å². The highest BCUT2D eigenvalue weighted by Crippen LogP contribution is 2.40. The Hall–Kier alpha value is -0.870. The van der Waals surface area contributed by atoms with Crippen molar-refractivity contribution in [3.63, 3.8) is 0 Å². The van der Waals surface area contributed by atoms with Gasteiger partial charge in [0.05, 0.1) is 6.61 Å². The summed E-state index contributed by atoms with van der Waals surface area (Å²) in [7, 11) is 1.73. The molecule has 2 aliphatic rings. The highest BCUT2D eigenvalue weighted by atomic mass is 35.5. The number of nitrogens with zero attached hydrogens (tertiary/aromatic N) is 3. The second kappa shape index (κ2) is 5.02. The van der Waals surface area contributed by atoms with Crippen LogP contribution in [0.5, 0.6) is 0 Å². The normalized spacial score (nSPS) is 19.0. The van der Waals surface area contributed by atoms with Crippen LogP contribution in [0.2, 0.25) is 5.15 Å². The van der Waals surface area contributed by atoms with Crippen molar-refractivity contribution in [2.24, 2.45) is 0 Å². The van der Waals surface area contributed by atoms with Gasteiger partial charge in [-0.25, -0.2) is 9.97 Å². The van der Waals surface area contributed by atoms with Crippen molar-refractivity contribution in [3.8, 4) is 0 Å². The zero-order valence-electron chi connectivity index (χ0n) is 10.6. The van der Waals surface area contributed by atoms with Crippen LogP contribution in [0.3, 0.4) is 0 Å². The number of hydrogen-bond donors (Lipinski definition) is 0. The van der Waals surface area contributed by atoms with Crippen molar-refractivity contribution >= 4 is 17.4 Å². The lowest BCUT2D eigenvalue weighted by Crippen LogP contribution is -2.30. The second-order valence-corrected chi connectivity index (χ2v) is 5.49. The fourth-order valence-corrected chi connectivity index (χ4v) is 2.34. The molecule has 1 aromatic heterocycles. The lowest BCUT2D eigenvalue weighted by molar-refractivity contribution is 0.204. The van der Waals surface area contributed by atoms with Crippen molar-refractivity contribution in [1.29, 1.82) is 0 Å². The summed E-state index contributed by atoms with van der Waals surface area (Å²) < 4.78 is 5.17. The third-order valence-corrected chi connectivity index (χ3v) is 3.65. The van der Waals surface area contributed by atoms with Crippen LogP contribution in [0, 0.1) is 0 Å². The molecule has 0 aromatic carbocycles. The van der Waals surface area contributed by atoms with E-state index in [4.69, 9.17) is 16.3 Å². The largest absolute Gasteiger partial charge is 0.383 e. The number of ether oxygens (including phenoxy) is 1. The molecule has 98 valence electrons. The summed E-state index contributed by atoms with van der Waals surface area (Å²) in [6, 6.07) is 2.49. The van der Waals surface area contributed by atoms with E-state index in [1.54, 1.807) is 7.11 Å². The minimum absolute atomic E-state index is 0.533. The Morgan fingerprint density at radius 1 is 1.33 bits per heavy atom. The minimum atomic E-state index is 0.533. The first-order chi connectivity index (χ1) is 8.78. The molecule has 0 atom stereocenters. The molecule has 2 saturated carbocycles. The fraction of sp³-hybridized carbons (Fsp3) is 0.692. The zero-order valence-corrected chi connectivity index (χ0v) is 11.4. The van der Waals surface area contributed by atoms with Crippen molar-refractivity contribution in [1.82, 2.24) is 9.97 Å². The highest BCUT2D eigenvalue weighted by molar-refractivity contribution is 6.29. The maximum Gasteiger partial charge on any atom is 0.135 e. The molecule has 0 spiro atoms. The molecule has 0 amide bonds. The van der Waals surface area contributed by atoms with Crippen LogP contribution < -0.4 is 4.90 Å². The second-order valence-electron chi connectivity index (χ2n) is 5.10. The molecule has 4 nitrogen and oxygen atoms in total. The molecule has 0 bridgehead atoms. The predicted octanol–water partition coefficient (Wildman–Crippen LogP) is 2.62. The first-order valence-electron chi connectivity index (χ1n) is 6.58. The molecule has 2 aliphatic carbocycles. The molecule has 2 fully saturated rings. The quantitative estimate of drug-likeness (QED) is 0.743. The van der Waals surface area contributed by atoms with Crippen LogP contribution in [-0.4, -0.2) is 36.3 Å². The SMILES string of the molecule is COCCN(c1cc(Cl)nc(C2CC2)n1)C1CC1. The maximum atomic E-state index is 6.12. The smallest absolute Gasteiger partial charge is 0.135 e. The van der Waals surface area contributed by atoms with Crippen LogP contribution in [0.1, 0.15) is 37.4 Å². The van der Waals surface area contributed by atoms with Gasteiger partial charge in [-0.05, 0) is 25.7 Å². The minimum Gasteiger partial charge on any atom is -0.383 e. The third-order valence-electron chi connectivity index (χ3n) is 3.46. The van der Waals surface area contributed by atoms with E-state index in [2.05, 4.69) is 14.9 Å². The summed E-state index contributed by atoms with van der Waals surface area (Å²) in [5, 5.41) is 0.560. The molecule has 18 heavy (non-hydrogen) atoms. The zero-order chi connectivity index (χ0) is 12.5. The Kier molecular flexibility index (Phi) is 3.39. The van der Waals surface area contributed by atoms with E-state index >= 15 is 0 Å². The summed E-state index contributed by atoms with van der Waals surface area (Å²) in [6.07, 6.45) is 4.87. The summed E-state index contributed by atoms with van der Waals surface area (Å²) in [5.41, 5.74) is 0. The van der Waals surface area contributed by atoms with Gasteiger partial charge in [0.15, 0.2) is 0 Å². The van der Waals surface area contributed by atoms with E-state index in [9.17, 15) is 0 Å². The lowest BCUT2D eigenvalue weighted by atomic mass is 10.3. The number of methoxy groups -OCH3 is 1. The molecule has 0 radical (unpaired) electrons. The molecule has 0 saturated heterocycles. The monoisotopic (exact) mass is 267 g/mol. The van der Waals surface area contributed by atoms with Gasteiger partial charge in [0.2, 0.25) is 0 Å². The van der Waals surface area contributed by atoms with Gasteiger partial charge in [-0.1, -0.05) is 11.6 Å². The number of aromatic nitrogens is 2. The maximum absolute atomic E-state index is 6.12. The Morgan fingerprint density at radius 2 is 2.11 bits per heavy atom. The summed E-state index contributed by atoms with van der Waals surface area (Å²) in [5.74, 6) is 2.42. The molecular formula is C13H18ClN3O. The van der Waals surface area contributed by atoms with Crippen LogP contribution in [0.25, 0.3) is 0 Å². The van der Waals surface area contributed by atoms with Gasteiger partial charge in [-0.2, -0.15) is 0 Å². The molecule has 0 N–H and O–H groups in total. The number of rotatable bonds is 6. The predicted molar refractivity (Wildman–Crippen MR) is 71.3 cm³/mol. The van der Waals surface area contributed by atoms with Crippen molar-refractivity contribution in [2.75, 3.05) is 25.2 Å². The first kappa shape index (κ1) is 12.2. The molecular weight excluding hydrogens is 250 g/mol.